The minimum Gasteiger partial charge on any atom is -0.389 e. The monoisotopic (exact) mass is 427 g/mol. The van der Waals surface area contributed by atoms with Crippen molar-refractivity contribution in [3.8, 4) is 11.3 Å². The van der Waals surface area contributed by atoms with Crippen molar-refractivity contribution in [2.75, 3.05) is 44.3 Å². The summed E-state index contributed by atoms with van der Waals surface area (Å²) in [5, 5.41) is 15.0. The zero-order valence-corrected chi connectivity index (χ0v) is 19.0. The topological polar surface area (TPSA) is 62.0 Å². The normalized spacial score (nSPS) is 16.1. The second kappa shape index (κ2) is 12.0. The van der Waals surface area contributed by atoms with Crippen molar-refractivity contribution in [3.05, 3.63) is 48.6 Å². The first-order chi connectivity index (χ1) is 15.1. The highest BCUT2D eigenvalue weighted by molar-refractivity contribution is 5.68. The van der Waals surface area contributed by atoms with Crippen LogP contribution in [-0.2, 0) is 11.3 Å². The summed E-state index contributed by atoms with van der Waals surface area (Å²) in [6, 6.07) is 10.2. The number of benzene rings is 1. The van der Waals surface area contributed by atoms with E-state index in [-0.39, 0.29) is 0 Å². The van der Waals surface area contributed by atoms with Gasteiger partial charge in [-0.2, -0.15) is 0 Å². The van der Waals surface area contributed by atoms with E-state index in [1.165, 1.54) is 12.8 Å². The Morgan fingerprint density at radius 2 is 2.06 bits per heavy atom. The van der Waals surface area contributed by atoms with E-state index in [9.17, 15) is 5.11 Å². The first-order valence-electron chi connectivity index (χ1n) is 11.5. The van der Waals surface area contributed by atoms with Gasteiger partial charge in [0.25, 0.3) is 0 Å². The Balaban J connectivity index is 1.83. The molecule has 1 saturated heterocycles. The van der Waals surface area contributed by atoms with Crippen molar-refractivity contribution in [1.29, 1.82) is 0 Å². The number of aliphatic hydroxyl groups excluding tert-OH is 1. The van der Waals surface area contributed by atoms with Gasteiger partial charge < -0.3 is 19.3 Å². The molecule has 2 heterocycles. The number of nitrogens with zero attached hydrogens (tertiary/aromatic N) is 3. The quantitative estimate of drug-likeness (QED) is 0.401. The van der Waals surface area contributed by atoms with E-state index in [1.807, 2.05) is 18.2 Å². The van der Waals surface area contributed by atoms with Crippen LogP contribution in [0.3, 0.4) is 0 Å². The van der Waals surface area contributed by atoms with Crippen molar-refractivity contribution in [2.24, 2.45) is 5.92 Å². The fraction of sp³-hybridized carbons (Fsp3) is 0.560. The fourth-order valence-electron chi connectivity index (χ4n) is 4.14. The molecule has 1 N–H and O–H groups in total. The average Bonchev–Trinajstić information content (AvgIpc) is 3.18. The molecule has 2 aromatic rings. The Bertz CT molecular complexity index is 785. The number of hydrogen-bond acceptors (Lipinski definition) is 6. The molecule has 6 heteroatoms. The SMILES string of the molecule is C=CCOC[C@@H](O)CN(CCC)Cc1c(-c2ccccc2)noc1N1CCC(C)CC1. The average molecular weight is 428 g/mol. The Labute approximate surface area is 186 Å². The van der Waals surface area contributed by atoms with Crippen LogP contribution in [0.5, 0.6) is 0 Å². The van der Waals surface area contributed by atoms with Crippen molar-refractivity contribution in [1.82, 2.24) is 10.1 Å². The molecule has 0 spiro atoms. The van der Waals surface area contributed by atoms with E-state index in [1.54, 1.807) is 6.08 Å². The summed E-state index contributed by atoms with van der Waals surface area (Å²) in [7, 11) is 0. The summed E-state index contributed by atoms with van der Waals surface area (Å²) in [4.78, 5) is 4.61. The van der Waals surface area contributed by atoms with Gasteiger partial charge in [-0.1, -0.05) is 55.4 Å². The summed E-state index contributed by atoms with van der Waals surface area (Å²) >= 11 is 0. The minimum absolute atomic E-state index is 0.304. The lowest BCUT2D eigenvalue weighted by Gasteiger charge is -2.31. The first kappa shape index (κ1) is 23.5. The predicted octanol–water partition coefficient (Wildman–Crippen LogP) is 4.35. The van der Waals surface area contributed by atoms with Gasteiger partial charge in [0.05, 0.1) is 24.9 Å². The molecule has 170 valence electrons. The molecule has 1 aliphatic rings. The largest absolute Gasteiger partial charge is 0.389 e. The van der Waals surface area contributed by atoms with Crippen LogP contribution in [0.1, 0.15) is 38.7 Å². The molecular weight excluding hydrogens is 390 g/mol. The smallest absolute Gasteiger partial charge is 0.232 e. The van der Waals surface area contributed by atoms with Gasteiger partial charge in [0.2, 0.25) is 5.88 Å². The summed E-state index contributed by atoms with van der Waals surface area (Å²) in [6.07, 6.45) is 4.48. The third-order valence-electron chi connectivity index (χ3n) is 5.82. The molecule has 1 aromatic heterocycles. The summed E-state index contributed by atoms with van der Waals surface area (Å²) in [6.45, 7) is 13.0. The van der Waals surface area contributed by atoms with Gasteiger partial charge in [-0.3, -0.25) is 4.90 Å². The molecule has 1 atom stereocenters. The van der Waals surface area contributed by atoms with E-state index in [4.69, 9.17) is 9.26 Å². The molecule has 0 aliphatic carbocycles. The van der Waals surface area contributed by atoms with Crippen LogP contribution in [0, 0.1) is 5.92 Å². The number of aromatic nitrogens is 1. The maximum atomic E-state index is 10.5. The molecule has 1 aromatic carbocycles. The zero-order chi connectivity index (χ0) is 22.1. The molecule has 1 aliphatic heterocycles. The molecular formula is C25H37N3O3. The van der Waals surface area contributed by atoms with Crippen molar-refractivity contribution >= 4 is 5.88 Å². The van der Waals surface area contributed by atoms with Crippen molar-refractivity contribution in [3.63, 3.8) is 0 Å². The van der Waals surface area contributed by atoms with Crippen LogP contribution in [0.4, 0.5) is 5.88 Å². The Morgan fingerprint density at radius 1 is 1.32 bits per heavy atom. The number of piperidine rings is 1. The highest BCUT2D eigenvalue weighted by atomic mass is 16.5. The van der Waals surface area contributed by atoms with Crippen LogP contribution < -0.4 is 4.90 Å². The van der Waals surface area contributed by atoms with Gasteiger partial charge in [-0.15, -0.1) is 6.58 Å². The van der Waals surface area contributed by atoms with E-state index in [0.29, 0.717) is 26.3 Å². The second-order valence-electron chi connectivity index (χ2n) is 8.57. The number of hydrogen-bond donors (Lipinski definition) is 1. The maximum absolute atomic E-state index is 10.5. The number of anilines is 1. The number of rotatable bonds is 12. The van der Waals surface area contributed by atoms with Crippen LogP contribution in [-0.4, -0.2) is 60.7 Å². The Hall–Kier alpha value is -2.15. The molecule has 0 radical (unpaired) electrons. The number of aliphatic hydroxyl groups is 1. The van der Waals surface area contributed by atoms with Gasteiger partial charge in [0, 0.05) is 31.7 Å². The van der Waals surface area contributed by atoms with E-state index in [0.717, 1.165) is 54.7 Å². The number of ether oxygens (including phenoxy) is 1. The zero-order valence-electron chi connectivity index (χ0n) is 19.0. The standard InChI is InChI=1S/C25H37N3O3/c1-4-13-27(17-22(29)19-30-16-5-2)18-23-24(21-9-7-6-8-10-21)26-31-25(23)28-14-11-20(3)12-15-28/h5-10,20,22,29H,2,4,11-19H2,1,3H3/t22-/m0/s1. The fourth-order valence-corrected chi connectivity index (χ4v) is 4.14. The summed E-state index contributed by atoms with van der Waals surface area (Å²) in [5.41, 5.74) is 3.06. The molecule has 31 heavy (non-hydrogen) atoms. The molecule has 3 rings (SSSR count). The predicted molar refractivity (Wildman–Crippen MR) is 125 cm³/mol. The molecule has 6 nitrogen and oxygen atoms in total. The molecule has 1 fully saturated rings. The van der Waals surface area contributed by atoms with Crippen LogP contribution >= 0.6 is 0 Å². The lowest BCUT2D eigenvalue weighted by molar-refractivity contribution is 0.0246. The van der Waals surface area contributed by atoms with E-state index < -0.39 is 6.10 Å². The molecule has 0 amide bonds. The molecule has 0 bridgehead atoms. The molecule has 0 saturated carbocycles. The summed E-state index contributed by atoms with van der Waals surface area (Å²) < 4.78 is 11.4. The van der Waals surface area contributed by atoms with Gasteiger partial charge in [0.1, 0.15) is 5.69 Å². The third kappa shape index (κ3) is 6.66. The van der Waals surface area contributed by atoms with Crippen molar-refractivity contribution < 1.29 is 14.4 Å². The highest BCUT2D eigenvalue weighted by Crippen LogP contribution is 2.34. The van der Waals surface area contributed by atoms with Crippen LogP contribution in [0.2, 0.25) is 0 Å². The second-order valence-corrected chi connectivity index (χ2v) is 8.57. The third-order valence-corrected chi connectivity index (χ3v) is 5.82. The van der Waals surface area contributed by atoms with E-state index >= 15 is 0 Å². The molecule has 0 unspecified atom stereocenters. The Kier molecular flexibility index (Phi) is 9.13. The van der Waals surface area contributed by atoms with Gasteiger partial charge in [-0.25, -0.2) is 0 Å². The first-order valence-corrected chi connectivity index (χ1v) is 11.5. The minimum atomic E-state index is -0.550. The van der Waals surface area contributed by atoms with Crippen LogP contribution in [0.15, 0.2) is 47.5 Å². The van der Waals surface area contributed by atoms with Crippen molar-refractivity contribution in [2.45, 2.75) is 45.8 Å². The van der Waals surface area contributed by atoms with Gasteiger partial charge in [0.15, 0.2) is 0 Å². The lowest BCUT2D eigenvalue weighted by atomic mass is 9.98. The van der Waals surface area contributed by atoms with E-state index in [2.05, 4.69) is 47.5 Å². The summed E-state index contributed by atoms with van der Waals surface area (Å²) in [5.74, 6) is 1.63. The lowest BCUT2D eigenvalue weighted by Crippen LogP contribution is -2.36. The maximum Gasteiger partial charge on any atom is 0.232 e. The highest BCUT2D eigenvalue weighted by Gasteiger charge is 2.27. The Morgan fingerprint density at radius 3 is 2.74 bits per heavy atom. The van der Waals surface area contributed by atoms with Gasteiger partial charge >= 0.3 is 0 Å². The van der Waals surface area contributed by atoms with Crippen LogP contribution in [0.25, 0.3) is 11.3 Å². The van der Waals surface area contributed by atoms with Gasteiger partial charge in [-0.05, 0) is 31.7 Å².